The lowest BCUT2D eigenvalue weighted by Gasteiger charge is -2.07. The second-order valence-corrected chi connectivity index (χ2v) is 3.66. The van der Waals surface area contributed by atoms with Gasteiger partial charge in [-0.2, -0.15) is 0 Å². The van der Waals surface area contributed by atoms with Gasteiger partial charge in [-0.15, -0.1) is 0 Å². The average molecular weight is 179 g/mol. The fourth-order valence-corrected chi connectivity index (χ4v) is 1.07. The summed E-state index contributed by atoms with van der Waals surface area (Å²) in [5.74, 6) is 0.594. The number of ether oxygens (including phenoxy) is 1. The first-order valence-corrected chi connectivity index (χ1v) is 4.68. The summed E-state index contributed by atoms with van der Waals surface area (Å²) in [6, 6.07) is 4.00. The van der Waals surface area contributed by atoms with Gasteiger partial charge in [-0.05, 0) is 24.5 Å². The highest BCUT2D eigenvalue weighted by Crippen LogP contribution is 2.06. The van der Waals surface area contributed by atoms with Gasteiger partial charge in [0, 0.05) is 18.5 Å². The molecular weight excluding hydrogens is 162 g/mol. The molecular formula is C11H17NO. The predicted molar refractivity (Wildman–Crippen MR) is 53.5 cm³/mol. The molecule has 72 valence electrons. The third kappa shape index (κ3) is 3.55. The maximum Gasteiger partial charge on any atom is 0.0734 e. The first kappa shape index (κ1) is 10.2. The predicted octanol–water partition coefficient (Wildman–Crippen LogP) is 2.56. The molecule has 2 nitrogen and oxygen atoms in total. The van der Waals surface area contributed by atoms with Gasteiger partial charge in [0.1, 0.15) is 0 Å². The summed E-state index contributed by atoms with van der Waals surface area (Å²) in [6.07, 6.45) is 1.81. The van der Waals surface area contributed by atoms with Crippen molar-refractivity contribution in [1.82, 2.24) is 4.98 Å². The third-order valence-electron chi connectivity index (χ3n) is 1.83. The second kappa shape index (κ2) is 4.97. The highest BCUT2D eigenvalue weighted by Gasteiger charge is 1.99. The van der Waals surface area contributed by atoms with Crippen LogP contribution < -0.4 is 0 Å². The van der Waals surface area contributed by atoms with Gasteiger partial charge in [0.2, 0.25) is 0 Å². The summed E-state index contributed by atoms with van der Waals surface area (Å²) in [4.78, 5) is 4.20. The monoisotopic (exact) mass is 179 g/mol. The summed E-state index contributed by atoms with van der Waals surface area (Å²) >= 11 is 0. The van der Waals surface area contributed by atoms with E-state index >= 15 is 0 Å². The third-order valence-corrected chi connectivity index (χ3v) is 1.83. The molecule has 0 N–H and O–H groups in total. The van der Waals surface area contributed by atoms with Crippen molar-refractivity contribution in [3.8, 4) is 0 Å². The SMILES string of the molecule is Cc1ncccc1COCC(C)C. The number of aryl methyl sites for hydroxylation is 1. The zero-order valence-corrected chi connectivity index (χ0v) is 8.58. The van der Waals surface area contributed by atoms with Crippen LogP contribution in [-0.2, 0) is 11.3 Å². The van der Waals surface area contributed by atoms with Crippen LogP contribution in [-0.4, -0.2) is 11.6 Å². The minimum atomic E-state index is 0.594. The Morgan fingerprint density at radius 2 is 2.23 bits per heavy atom. The van der Waals surface area contributed by atoms with Gasteiger partial charge in [-0.3, -0.25) is 4.98 Å². The van der Waals surface area contributed by atoms with Gasteiger partial charge >= 0.3 is 0 Å². The van der Waals surface area contributed by atoms with Crippen LogP contribution in [0.25, 0.3) is 0 Å². The average Bonchev–Trinajstić information content (AvgIpc) is 2.08. The topological polar surface area (TPSA) is 22.1 Å². The molecule has 0 fully saturated rings. The molecule has 0 aromatic carbocycles. The molecule has 0 aliphatic heterocycles. The zero-order valence-electron chi connectivity index (χ0n) is 8.58. The largest absolute Gasteiger partial charge is 0.376 e. The van der Waals surface area contributed by atoms with Crippen LogP contribution in [0.4, 0.5) is 0 Å². The lowest BCUT2D eigenvalue weighted by molar-refractivity contribution is 0.0965. The van der Waals surface area contributed by atoms with Gasteiger partial charge in [0.25, 0.3) is 0 Å². The Hall–Kier alpha value is -0.890. The fraction of sp³-hybridized carbons (Fsp3) is 0.545. The van der Waals surface area contributed by atoms with E-state index in [1.54, 1.807) is 6.20 Å². The molecule has 0 aliphatic carbocycles. The van der Waals surface area contributed by atoms with E-state index < -0.39 is 0 Å². The Bertz CT molecular complexity index is 258. The molecule has 0 radical (unpaired) electrons. The quantitative estimate of drug-likeness (QED) is 0.708. The number of nitrogens with zero attached hydrogens (tertiary/aromatic N) is 1. The first-order valence-electron chi connectivity index (χ1n) is 4.68. The van der Waals surface area contributed by atoms with Crippen molar-refractivity contribution in [2.45, 2.75) is 27.4 Å². The molecule has 1 aromatic heterocycles. The summed E-state index contributed by atoms with van der Waals surface area (Å²) in [6.45, 7) is 7.80. The lowest BCUT2D eigenvalue weighted by atomic mass is 10.2. The smallest absolute Gasteiger partial charge is 0.0734 e. The molecule has 0 saturated carbocycles. The maximum absolute atomic E-state index is 5.52. The molecule has 1 rings (SSSR count). The van der Waals surface area contributed by atoms with E-state index in [0.717, 1.165) is 12.3 Å². The van der Waals surface area contributed by atoms with E-state index in [0.29, 0.717) is 12.5 Å². The molecule has 0 amide bonds. The highest BCUT2D eigenvalue weighted by atomic mass is 16.5. The molecule has 0 unspecified atom stereocenters. The minimum Gasteiger partial charge on any atom is -0.376 e. The number of rotatable bonds is 4. The Kier molecular flexibility index (Phi) is 3.90. The van der Waals surface area contributed by atoms with Crippen molar-refractivity contribution >= 4 is 0 Å². The summed E-state index contributed by atoms with van der Waals surface area (Å²) in [5, 5.41) is 0. The molecule has 0 bridgehead atoms. The fourth-order valence-electron chi connectivity index (χ4n) is 1.07. The zero-order chi connectivity index (χ0) is 9.68. The van der Waals surface area contributed by atoms with Crippen molar-refractivity contribution < 1.29 is 4.74 Å². The van der Waals surface area contributed by atoms with Crippen molar-refractivity contribution in [3.63, 3.8) is 0 Å². The minimum absolute atomic E-state index is 0.594. The normalized spacial score (nSPS) is 10.8. The lowest BCUT2D eigenvalue weighted by Crippen LogP contribution is -2.03. The van der Waals surface area contributed by atoms with Crippen molar-refractivity contribution in [2.75, 3.05) is 6.61 Å². The number of hydrogen-bond acceptors (Lipinski definition) is 2. The van der Waals surface area contributed by atoms with E-state index in [4.69, 9.17) is 4.74 Å². The Labute approximate surface area is 80.0 Å². The Balaban J connectivity index is 2.41. The van der Waals surface area contributed by atoms with Crippen LogP contribution >= 0.6 is 0 Å². The first-order chi connectivity index (χ1) is 6.20. The van der Waals surface area contributed by atoms with Crippen molar-refractivity contribution in [2.24, 2.45) is 5.92 Å². The molecule has 0 saturated heterocycles. The second-order valence-electron chi connectivity index (χ2n) is 3.66. The number of aromatic nitrogens is 1. The van der Waals surface area contributed by atoms with Crippen molar-refractivity contribution in [3.05, 3.63) is 29.6 Å². The van der Waals surface area contributed by atoms with Gasteiger partial charge in [-0.1, -0.05) is 19.9 Å². The highest BCUT2D eigenvalue weighted by molar-refractivity contribution is 5.16. The summed E-state index contributed by atoms with van der Waals surface area (Å²) in [5.41, 5.74) is 2.24. The van der Waals surface area contributed by atoms with Gasteiger partial charge in [-0.25, -0.2) is 0 Å². The Morgan fingerprint density at radius 3 is 2.85 bits per heavy atom. The molecule has 2 heteroatoms. The van der Waals surface area contributed by atoms with Crippen LogP contribution in [0.1, 0.15) is 25.1 Å². The van der Waals surface area contributed by atoms with Gasteiger partial charge < -0.3 is 4.74 Å². The summed E-state index contributed by atoms with van der Waals surface area (Å²) < 4.78 is 5.52. The standard InChI is InChI=1S/C11H17NO/c1-9(2)7-13-8-11-5-4-6-12-10(11)3/h4-6,9H,7-8H2,1-3H3. The van der Waals surface area contributed by atoms with Crippen LogP contribution in [0.3, 0.4) is 0 Å². The van der Waals surface area contributed by atoms with Crippen LogP contribution in [0.2, 0.25) is 0 Å². The van der Waals surface area contributed by atoms with E-state index in [9.17, 15) is 0 Å². The number of hydrogen-bond donors (Lipinski definition) is 0. The molecule has 1 heterocycles. The molecule has 1 aromatic rings. The number of pyridine rings is 1. The van der Waals surface area contributed by atoms with Gasteiger partial charge in [0.05, 0.1) is 6.61 Å². The van der Waals surface area contributed by atoms with Crippen molar-refractivity contribution in [1.29, 1.82) is 0 Å². The van der Waals surface area contributed by atoms with E-state index in [-0.39, 0.29) is 0 Å². The van der Waals surface area contributed by atoms with Crippen LogP contribution in [0.5, 0.6) is 0 Å². The van der Waals surface area contributed by atoms with Crippen LogP contribution in [0, 0.1) is 12.8 Å². The Morgan fingerprint density at radius 1 is 1.46 bits per heavy atom. The molecule has 0 aliphatic rings. The molecule has 0 atom stereocenters. The summed E-state index contributed by atoms with van der Waals surface area (Å²) in [7, 11) is 0. The van der Waals surface area contributed by atoms with E-state index in [1.165, 1.54) is 5.56 Å². The van der Waals surface area contributed by atoms with E-state index in [2.05, 4.69) is 24.9 Å². The molecule has 13 heavy (non-hydrogen) atoms. The molecule has 0 spiro atoms. The maximum atomic E-state index is 5.52. The van der Waals surface area contributed by atoms with E-state index in [1.807, 2.05) is 13.0 Å². The van der Waals surface area contributed by atoms with Crippen LogP contribution in [0.15, 0.2) is 18.3 Å². The van der Waals surface area contributed by atoms with Gasteiger partial charge in [0.15, 0.2) is 0 Å².